The fourth-order valence-corrected chi connectivity index (χ4v) is 7.87. The minimum atomic E-state index is -0.440. The zero-order valence-corrected chi connectivity index (χ0v) is 27.1. The Bertz CT molecular complexity index is 3550. The van der Waals surface area contributed by atoms with Gasteiger partial charge in [-0.05, 0) is 76.8 Å². The second-order valence-corrected chi connectivity index (χ2v) is 12.7. The summed E-state index contributed by atoms with van der Waals surface area (Å²) in [5, 5.41) is 3.60. The number of benzene rings is 8. The molecule has 0 atom stereocenters. The normalized spacial score (nSPS) is 13.8. The van der Waals surface area contributed by atoms with Gasteiger partial charge < -0.3 is 13.6 Å². The predicted molar refractivity (Wildman–Crippen MR) is 213 cm³/mol. The first kappa shape index (κ1) is 22.0. The van der Waals surface area contributed by atoms with Crippen molar-refractivity contribution in [2.24, 2.45) is 0 Å². The van der Waals surface area contributed by atoms with Crippen LogP contribution in [0.15, 0.2) is 186 Å². The van der Waals surface area contributed by atoms with Gasteiger partial charge in [-0.3, -0.25) is 0 Å². The fraction of sp³-hybridized carbons (Fsp3) is 0. The molecule has 0 spiro atoms. The molecule has 11 aromatic rings. The molecule has 0 aliphatic rings. The van der Waals surface area contributed by atoms with E-state index < -0.39 is 12.1 Å². The number of para-hydroxylation sites is 3. The molecule has 0 fully saturated rings. The van der Waals surface area contributed by atoms with Crippen molar-refractivity contribution >= 4 is 65.6 Å². The number of hydrogen-bond acceptors (Lipinski definition) is 1. The summed E-state index contributed by atoms with van der Waals surface area (Å²) in [5.41, 5.74) is 7.75. The molecule has 238 valence electrons. The SMILES string of the molecule is [2H]c1c([2H])c([2H])c2c(c1[2H])c1c([2H])c(-n3c4ccccc4c4c(-c5ccccc5-c5ccccc5)cccc43)c([2H])c([2H])c1n2-c1cccc2oc3ccccc3c12. The molecule has 0 aliphatic carbocycles. The lowest BCUT2D eigenvalue weighted by Gasteiger charge is -2.13. The first-order chi connectivity index (χ1) is 28.3. The van der Waals surface area contributed by atoms with E-state index in [1.807, 2.05) is 108 Å². The van der Waals surface area contributed by atoms with Gasteiger partial charge in [-0.2, -0.15) is 0 Å². The van der Waals surface area contributed by atoms with Crippen LogP contribution in [0.3, 0.4) is 0 Å². The highest BCUT2D eigenvalue weighted by Crippen LogP contribution is 2.43. The van der Waals surface area contributed by atoms with Crippen LogP contribution in [0, 0.1) is 0 Å². The second-order valence-electron chi connectivity index (χ2n) is 12.7. The average molecular weight is 658 g/mol. The van der Waals surface area contributed by atoms with Gasteiger partial charge in [0.15, 0.2) is 0 Å². The van der Waals surface area contributed by atoms with E-state index >= 15 is 0 Å². The van der Waals surface area contributed by atoms with Crippen molar-refractivity contribution in [1.82, 2.24) is 9.13 Å². The summed E-state index contributed by atoms with van der Waals surface area (Å²) in [6, 6.07) is 43.4. The average Bonchev–Trinajstić information content (AvgIpc) is 3.93. The monoisotopic (exact) mass is 657 g/mol. The van der Waals surface area contributed by atoms with Crippen molar-refractivity contribution in [2.45, 2.75) is 0 Å². The van der Waals surface area contributed by atoms with Gasteiger partial charge in [0.1, 0.15) is 11.2 Å². The zero-order chi connectivity index (χ0) is 39.6. The largest absolute Gasteiger partial charge is 0.456 e. The molecule has 11 rings (SSSR count). The highest BCUT2D eigenvalue weighted by molar-refractivity contribution is 6.18. The lowest BCUT2D eigenvalue weighted by molar-refractivity contribution is 0.669. The quantitative estimate of drug-likeness (QED) is 0.185. The molecule has 0 saturated carbocycles. The van der Waals surface area contributed by atoms with E-state index in [2.05, 4.69) is 30.3 Å². The Hall–Kier alpha value is -6.84. The second kappa shape index (κ2) is 10.8. The molecule has 0 bridgehead atoms. The molecule has 3 heterocycles. The maximum Gasteiger partial charge on any atom is 0.137 e. The first-order valence-corrected chi connectivity index (χ1v) is 16.9. The summed E-state index contributed by atoms with van der Waals surface area (Å²) in [6.45, 7) is 0. The van der Waals surface area contributed by atoms with Gasteiger partial charge in [-0.1, -0.05) is 127 Å². The Morgan fingerprint density at radius 2 is 1.10 bits per heavy atom. The smallest absolute Gasteiger partial charge is 0.137 e. The Kier molecular flexibility index (Phi) is 4.67. The van der Waals surface area contributed by atoms with E-state index in [-0.39, 0.29) is 57.7 Å². The van der Waals surface area contributed by atoms with Crippen LogP contribution in [0.1, 0.15) is 9.60 Å². The van der Waals surface area contributed by atoms with Crippen LogP contribution in [0.5, 0.6) is 0 Å². The van der Waals surface area contributed by atoms with Crippen molar-refractivity contribution in [3.63, 3.8) is 0 Å². The molecule has 8 aromatic carbocycles. The third kappa shape index (κ3) is 4.06. The molecule has 3 nitrogen and oxygen atoms in total. The number of hydrogen-bond donors (Lipinski definition) is 0. The minimum Gasteiger partial charge on any atom is -0.456 e. The van der Waals surface area contributed by atoms with Gasteiger partial charge in [-0.25, -0.2) is 0 Å². The number of fused-ring (bicyclic) bond motifs is 9. The van der Waals surface area contributed by atoms with Gasteiger partial charge in [0, 0.05) is 32.6 Å². The highest BCUT2D eigenvalue weighted by atomic mass is 16.3. The number of furan rings is 1. The molecule has 3 heteroatoms. The fourth-order valence-electron chi connectivity index (χ4n) is 7.87. The van der Waals surface area contributed by atoms with E-state index in [9.17, 15) is 6.85 Å². The molecule has 0 amide bonds. The summed E-state index contributed by atoms with van der Waals surface area (Å²) < 4.78 is 75.4. The molecule has 0 radical (unpaired) electrons. The molecule has 51 heavy (non-hydrogen) atoms. The van der Waals surface area contributed by atoms with Gasteiger partial charge in [-0.15, -0.1) is 0 Å². The number of rotatable bonds is 4. The zero-order valence-electron chi connectivity index (χ0n) is 34.1. The molecule has 0 unspecified atom stereocenters. The van der Waals surface area contributed by atoms with E-state index in [1.165, 1.54) is 0 Å². The lowest BCUT2D eigenvalue weighted by atomic mass is 9.92. The lowest BCUT2D eigenvalue weighted by Crippen LogP contribution is -1.96. The van der Waals surface area contributed by atoms with E-state index in [0.717, 1.165) is 49.4 Å². The Morgan fingerprint density at radius 1 is 0.412 bits per heavy atom. The summed E-state index contributed by atoms with van der Waals surface area (Å²) in [5.74, 6) is 0. The van der Waals surface area contributed by atoms with Crippen LogP contribution >= 0.6 is 0 Å². The maximum absolute atomic E-state index is 10.1. The third-order valence-corrected chi connectivity index (χ3v) is 9.99. The molecular weight excluding hydrogens is 621 g/mol. The van der Waals surface area contributed by atoms with Crippen molar-refractivity contribution in [1.29, 1.82) is 0 Å². The summed E-state index contributed by atoms with van der Waals surface area (Å²) in [4.78, 5) is 0. The standard InChI is InChI=1S/C48H30N2O/c1-2-14-31(15-3-1)33-16-4-5-17-34(33)36-21-12-24-43-47(36)37-19-7-10-23-41(37)49(43)32-28-29-42-39(30-32)35-18-6-9-22-40(35)50(42)44-25-13-27-46-48(44)38-20-8-11-26-45(38)51-46/h1-30H/i6D,9D,18D,22D,28D,29D,30D. The van der Waals surface area contributed by atoms with E-state index in [1.54, 1.807) is 10.6 Å². The molecule has 0 aliphatic heterocycles. The van der Waals surface area contributed by atoms with E-state index in [4.69, 9.17) is 7.16 Å². The van der Waals surface area contributed by atoms with Crippen LogP contribution in [0.2, 0.25) is 0 Å². The van der Waals surface area contributed by atoms with Gasteiger partial charge in [0.2, 0.25) is 0 Å². The Balaban J connectivity index is 1.29. The van der Waals surface area contributed by atoms with Crippen molar-refractivity contribution < 1.29 is 14.0 Å². The third-order valence-electron chi connectivity index (χ3n) is 9.99. The summed E-state index contributed by atoms with van der Waals surface area (Å²) in [6.07, 6.45) is 0. The van der Waals surface area contributed by atoms with Gasteiger partial charge in [0.25, 0.3) is 0 Å². The van der Waals surface area contributed by atoms with Crippen molar-refractivity contribution in [2.75, 3.05) is 0 Å². The van der Waals surface area contributed by atoms with Crippen molar-refractivity contribution in [3.8, 4) is 33.6 Å². The molecule has 3 aromatic heterocycles. The topological polar surface area (TPSA) is 23.0 Å². The molecule has 0 saturated heterocycles. The van der Waals surface area contributed by atoms with E-state index in [0.29, 0.717) is 22.2 Å². The predicted octanol–water partition coefficient (Wildman–Crippen LogP) is 13.1. The Morgan fingerprint density at radius 3 is 2.02 bits per heavy atom. The number of aromatic nitrogens is 2. The maximum atomic E-state index is 10.1. The number of nitrogens with zero attached hydrogens (tertiary/aromatic N) is 2. The van der Waals surface area contributed by atoms with Crippen LogP contribution in [-0.4, -0.2) is 9.13 Å². The Labute approximate surface area is 303 Å². The summed E-state index contributed by atoms with van der Waals surface area (Å²) in [7, 11) is 0. The molecular formula is C48H30N2O. The first-order valence-electron chi connectivity index (χ1n) is 20.4. The minimum absolute atomic E-state index is 0.115. The highest BCUT2D eigenvalue weighted by Gasteiger charge is 2.21. The van der Waals surface area contributed by atoms with Crippen LogP contribution in [0.25, 0.3) is 99.2 Å². The van der Waals surface area contributed by atoms with Crippen LogP contribution < -0.4 is 0 Å². The van der Waals surface area contributed by atoms with Gasteiger partial charge >= 0.3 is 0 Å². The molecule has 0 N–H and O–H groups in total. The van der Waals surface area contributed by atoms with Crippen molar-refractivity contribution in [3.05, 3.63) is 182 Å². The van der Waals surface area contributed by atoms with Crippen LogP contribution in [0.4, 0.5) is 0 Å². The van der Waals surface area contributed by atoms with Crippen LogP contribution in [-0.2, 0) is 0 Å². The summed E-state index contributed by atoms with van der Waals surface area (Å²) >= 11 is 0. The van der Waals surface area contributed by atoms with Gasteiger partial charge in [0.05, 0.1) is 42.7 Å².